The van der Waals surface area contributed by atoms with E-state index in [1.54, 1.807) is 82.3 Å². The third-order valence-corrected chi connectivity index (χ3v) is 25.8. The Morgan fingerprint density at radius 1 is 0.853 bits per heavy atom. The standard InChI is InChI=1S/C52H75NO13Si2/c1-15-68(16-2,17-3)65-37-28-38(62-32(5)54)51(59)30-61-45-43(51)50(37,12)44(56)41(63-33(6)55)39-31(4)36(29-52(45,60)49(39,10)11)64-47(58)42(66-67(13,14)48(7,8)9)40(34-24-20-18-21-25-34)53-46(57)35-26-22-19-23-27-35/h18-27,36-38,40-43,45,59-60H,15-17,28-30H2,1-14H3,(H,53,57)/t36-,37-,38+,40-,41+,42+,43-,45-,50+,51-,52+/m0/s1. The Morgan fingerprint density at radius 3 is 1.94 bits per heavy atom. The molecule has 68 heavy (non-hydrogen) atoms. The number of rotatable bonds is 15. The highest BCUT2D eigenvalue weighted by Gasteiger charge is 2.77. The number of nitrogens with one attached hydrogen (secondary N) is 1. The van der Waals surface area contributed by atoms with Gasteiger partial charge in [0.25, 0.3) is 5.91 Å². The molecule has 2 aromatic carbocycles. The van der Waals surface area contributed by atoms with Gasteiger partial charge in [-0.15, -0.1) is 0 Å². The zero-order chi connectivity index (χ0) is 50.6. The van der Waals surface area contributed by atoms with Crippen LogP contribution < -0.4 is 5.32 Å². The second-order valence-corrected chi connectivity index (χ2v) is 31.3. The quantitative estimate of drug-likeness (QED) is 0.0675. The van der Waals surface area contributed by atoms with Crippen molar-refractivity contribution in [1.82, 2.24) is 5.32 Å². The number of amides is 1. The van der Waals surface area contributed by atoms with E-state index in [0.717, 1.165) is 18.1 Å². The van der Waals surface area contributed by atoms with Crippen LogP contribution in [0.25, 0.3) is 0 Å². The third kappa shape index (κ3) is 9.23. The van der Waals surface area contributed by atoms with E-state index in [0.29, 0.717) is 16.7 Å². The zero-order valence-electron chi connectivity index (χ0n) is 42.5. The summed E-state index contributed by atoms with van der Waals surface area (Å²) in [6, 6.07) is 18.8. The SMILES string of the molecule is CC[Si](CC)(CC)O[C@H]1C[C@@H](OC(C)=O)[C@@]2(O)CO[C@H]3[C@H]2[C@]1(C)C(=O)[C@H](OC(C)=O)C1=C(C)[C@@H](OC(=O)[C@H](O[Si](C)(C)C(C)(C)C)[C@@H](NC(=O)c2ccccc2)c2ccccc2)C[C@]3(O)C1(C)C. The van der Waals surface area contributed by atoms with Crippen LogP contribution in [0.4, 0.5) is 0 Å². The average Bonchev–Trinajstić information content (AvgIpc) is 3.66. The molecule has 2 bridgehead atoms. The van der Waals surface area contributed by atoms with Crippen molar-refractivity contribution < 1.29 is 62.0 Å². The number of carbonyl (C=O) groups is 5. The van der Waals surface area contributed by atoms with E-state index in [1.165, 1.54) is 13.8 Å². The highest BCUT2D eigenvalue weighted by atomic mass is 28.4. The molecular formula is C52H75NO13Si2. The fourth-order valence-electron chi connectivity index (χ4n) is 11.4. The minimum atomic E-state index is -2.86. The molecule has 0 aromatic heterocycles. The van der Waals surface area contributed by atoms with Crippen LogP contribution in [0.3, 0.4) is 0 Å². The largest absolute Gasteiger partial charge is 0.459 e. The predicted octanol–water partition coefficient (Wildman–Crippen LogP) is 7.93. The maximum Gasteiger partial charge on any atom is 0.337 e. The Kier molecular flexibility index (Phi) is 15.1. The molecular weight excluding hydrogens is 903 g/mol. The van der Waals surface area contributed by atoms with Gasteiger partial charge in [-0.2, -0.15) is 0 Å². The van der Waals surface area contributed by atoms with Crippen molar-refractivity contribution in [3.8, 4) is 0 Å². The second-order valence-electron chi connectivity index (χ2n) is 21.8. The number of carbonyl (C=O) groups excluding carboxylic acids is 5. The van der Waals surface area contributed by atoms with E-state index >= 15 is 9.59 Å². The number of benzene rings is 2. The molecule has 1 amide bonds. The first kappa shape index (κ1) is 53.3. The van der Waals surface area contributed by atoms with Gasteiger partial charge in [0.2, 0.25) is 0 Å². The number of ether oxygens (including phenoxy) is 4. The van der Waals surface area contributed by atoms with Crippen molar-refractivity contribution in [3.05, 3.63) is 82.9 Å². The van der Waals surface area contributed by atoms with Crippen LogP contribution in [0.5, 0.6) is 0 Å². The lowest BCUT2D eigenvalue weighted by Gasteiger charge is -2.62. The smallest absolute Gasteiger partial charge is 0.337 e. The summed E-state index contributed by atoms with van der Waals surface area (Å²) in [6.45, 7) is 25.2. The van der Waals surface area contributed by atoms with Crippen molar-refractivity contribution in [1.29, 1.82) is 0 Å². The van der Waals surface area contributed by atoms with Crippen LogP contribution in [0.1, 0.15) is 118 Å². The van der Waals surface area contributed by atoms with Crippen LogP contribution in [-0.2, 0) is 47.0 Å². The van der Waals surface area contributed by atoms with Crippen molar-refractivity contribution in [2.24, 2.45) is 16.7 Å². The normalized spacial score (nSPS) is 31.1. The number of ketones is 1. The van der Waals surface area contributed by atoms with Crippen molar-refractivity contribution in [2.75, 3.05) is 6.61 Å². The zero-order valence-corrected chi connectivity index (χ0v) is 44.5. The number of esters is 3. The molecule has 2 saturated carbocycles. The van der Waals surface area contributed by atoms with Crippen molar-refractivity contribution in [3.63, 3.8) is 0 Å². The summed E-state index contributed by atoms with van der Waals surface area (Å²) in [5, 5.41) is 29.5. The molecule has 374 valence electrons. The lowest BCUT2D eigenvalue weighted by Crippen LogP contribution is -2.75. The highest BCUT2D eigenvalue weighted by Crippen LogP contribution is 2.65. The van der Waals surface area contributed by atoms with Gasteiger partial charge in [-0.1, -0.05) is 104 Å². The maximum absolute atomic E-state index is 16.0. The van der Waals surface area contributed by atoms with E-state index in [1.807, 2.05) is 39.9 Å². The molecule has 0 radical (unpaired) electrons. The summed E-state index contributed by atoms with van der Waals surface area (Å²) in [5.41, 5.74) is -5.60. The molecule has 0 unspecified atom stereocenters. The van der Waals surface area contributed by atoms with Gasteiger partial charge < -0.3 is 43.3 Å². The molecule has 3 aliphatic carbocycles. The van der Waals surface area contributed by atoms with Crippen LogP contribution in [0.2, 0.25) is 36.3 Å². The summed E-state index contributed by atoms with van der Waals surface area (Å²) < 4.78 is 39.5. The van der Waals surface area contributed by atoms with E-state index in [9.17, 15) is 24.6 Å². The van der Waals surface area contributed by atoms with Crippen molar-refractivity contribution in [2.45, 2.75) is 186 Å². The van der Waals surface area contributed by atoms with Crippen LogP contribution in [0, 0.1) is 16.7 Å². The van der Waals surface area contributed by atoms with Crippen LogP contribution in [-0.4, -0.2) is 111 Å². The fraction of sp³-hybridized carbons (Fsp3) is 0.635. The fourth-order valence-corrected chi connectivity index (χ4v) is 15.5. The summed E-state index contributed by atoms with van der Waals surface area (Å²) in [4.78, 5) is 71.6. The molecule has 1 heterocycles. The first-order valence-corrected chi connectivity index (χ1v) is 29.7. The van der Waals surface area contributed by atoms with Gasteiger partial charge in [0.05, 0.1) is 30.3 Å². The summed E-state index contributed by atoms with van der Waals surface area (Å²) in [7, 11) is -5.43. The molecule has 11 atom stereocenters. The molecule has 3 fully saturated rings. The Morgan fingerprint density at radius 2 is 1.41 bits per heavy atom. The Hall–Kier alpha value is -4.04. The highest BCUT2D eigenvalue weighted by molar-refractivity contribution is 6.74. The van der Waals surface area contributed by atoms with Gasteiger partial charge >= 0.3 is 17.9 Å². The first-order valence-electron chi connectivity index (χ1n) is 24.2. The minimum absolute atomic E-state index is 0.0501. The summed E-state index contributed by atoms with van der Waals surface area (Å²) in [5.74, 6) is -4.55. The van der Waals surface area contributed by atoms with Gasteiger partial charge in [0.15, 0.2) is 34.6 Å². The maximum atomic E-state index is 16.0. The minimum Gasteiger partial charge on any atom is -0.459 e. The number of hydrogen-bond donors (Lipinski definition) is 3. The van der Waals surface area contributed by atoms with Gasteiger partial charge in [0, 0.05) is 43.6 Å². The molecule has 14 nitrogen and oxygen atoms in total. The number of fused-ring (bicyclic) bond motifs is 3. The molecule has 1 aliphatic heterocycles. The Balaban J connectivity index is 1.55. The third-order valence-electron chi connectivity index (χ3n) is 16.7. The molecule has 6 rings (SSSR count). The summed E-state index contributed by atoms with van der Waals surface area (Å²) in [6.07, 6.45) is -8.12. The number of aliphatic hydroxyl groups is 2. The molecule has 16 heteroatoms. The average molecular weight is 978 g/mol. The molecule has 1 saturated heterocycles. The van der Waals surface area contributed by atoms with Gasteiger partial charge in [-0.05, 0) is 79.0 Å². The van der Waals surface area contributed by atoms with Crippen LogP contribution in [0.15, 0.2) is 71.8 Å². The van der Waals surface area contributed by atoms with E-state index in [-0.39, 0.29) is 18.4 Å². The molecule has 3 N–H and O–H groups in total. The van der Waals surface area contributed by atoms with Crippen molar-refractivity contribution >= 4 is 46.2 Å². The summed E-state index contributed by atoms with van der Waals surface area (Å²) >= 11 is 0. The van der Waals surface area contributed by atoms with Crippen LogP contribution >= 0.6 is 0 Å². The predicted molar refractivity (Wildman–Crippen MR) is 260 cm³/mol. The lowest BCUT2D eigenvalue weighted by atomic mass is 9.46. The van der Waals surface area contributed by atoms with Gasteiger partial charge in [-0.3, -0.25) is 19.2 Å². The number of Topliss-reactive ketones (excluding diaryl/α,β-unsaturated/α-hetero) is 1. The first-order chi connectivity index (χ1) is 31.6. The monoisotopic (exact) mass is 977 g/mol. The van der Waals surface area contributed by atoms with Gasteiger partial charge in [0.1, 0.15) is 23.4 Å². The molecule has 0 spiro atoms. The second kappa shape index (κ2) is 19.3. The van der Waals surface area contributed by atoms with Gasteiger partial charge in [-0.25, -0.2) is 4.79 Å². The Bertz CT molecular complexity index is 2250. The topological polar surface area (TPSA) is 193 Å². The molecule has 4 aliphatic rings. The Labute approximate surface area is 404 Å². The van der Waals surface area contributed by atoms with E-state index in [4.69, 9.17) is 27.8 Å². The molecule has 2 aromatic rings. The lowest BCUT2D eigenvalue weighted by molar-refractivity contribution is -0.239. The number of hydrogen-bond acceptors (Lipinski definition) is 13. The van der Waals surface area contributed by atoms with E-state index in [2.05, 4.69) is 26.1 Å². The van der Waals surface area contributed by atoms with E-state index < -0.39 is 128 Å².